The van der Waals surface area contributed by atoms with Crippen LogP contribution in [0.25, 0.3) is 0 Å². The molecule has 27 heavy (non-hydrogen) atoms. The Morgan fingerprint density at radius 2 is 2.04 bits per heavy atom. The molecule has 2 aliphatic rings. The first kappa shape index (κ1) is 22.4. The van der Waals surface area contributed by atoms with E-state index in [9.17, 15) is 15.0 Å². The molecule has 0 aromatic carbocycles. The number of carboxylic acids is 1. The number of ether oxygens (including phenoxy) is 1. The molecule has 0 heterocycles. The zero-order valence-electron chi connectivity index (χ0n) is 16.0. The van der Waals surface area contributed by atoms with Crippen LogP contribution in [0.4, 0.5) is 0 Å². The van der Waals surface area contributed by atoms with Crippen LogP contribution in [-0.4, -0.2) is 52.1 Å². The second-order valence-electron chi connectivity index (χ2n) is 7.98. The van der Waals surface area contributed by atoms with Crippen LogP contribution in [0.15, 0.2) is 24.3 Å². The van der Waals surface area contributed by atoms with Gasteiger partial charge in [0.2, 0.25) is 0 Å². The summed E-state index contributed by atoms with van der Waals surface area (Å²) in [6, 6.07) is 0. The van der Waals surface area contributed by atoms with Crippen LogP contribution in [0.1, 0.15) is 45.4 Å². The number of aliphatic hydroxyl groups is 2. The van der Waals surface area contributed by atoms with Crippen molar-refractivity contribution in [2.45, 2.75) is 63.0 Å². The fraction of sp³-hybridized carbons (Fsp3) is 0.762. The molecule has 0 radical (unpaired) electrons. The topological polar surface area (TPSA) is 87.0 Å². The largest absolute Gasteiger partial charge is 0.480 e. The predicted octanol–water partition coefficient (Wildman–Crippen LogP) is 3.38. The first-order valence-corrected chi connectivity index (χ1v) is 10.5. The summed E-state index contributed by atoms with van der Waals surface area (Å²) in [4.78, 5) is 10.4. The normalized spacial score (nSPS) is 35.9. The summed E-state index contributed by atoms with van der Waals surface area (Å²) < 4.78 is 4.97. The number of aliphatic carboxylic acids is 1. The summed E-state index contributed by atoms with van der Waals surface area (Å²) in [7, 11) is 0. The molecule has 0 saturated heterocycles. The average Bonchev–Trinajstić information content (AvgIpc) is 2.89. The van der Waals surface area contributed by atoms with E-state index in [1.54, 1.807) is 6.08 Å². The summed E-state index contributed by atoms with van der Waals surface area (Å²) in [5.74, 6) is -0.156. The average molecular weight is 401 g/mol. The van der Waals surface area contributed by atoms with Crippen LogP contribution in [0.2, 0.25) is 0 Å². The third kappa shape index (κ3) is 6.90. The van der Waals surface area contributed by atoms with E-state index in [-0.39, 0.29) is 30.4 Å². The third-order valence-corrected chi connectivity index (χ3v) is 6.53. The third-order valence-electron chi connectivity index (χ3n) is 6.03. The summed E-state index contributed by atoms with van der Waals surface area (Å²) >= 11 is 6.44. The number of hydrogen-bond acceptors (Lipinski definition) is 4. The summed E-state index contributed by atoms with van der Waals surface area (Å²) in [5.41, 5.74) is 0. The maximum atomic E-state index is 10.6. The van der Waals surface area contributed by atoms with Gasteiger partial charge in [-0.05, 0) is 37.0 Å². The van der Waals surface area contributed by atoms with Crippen LogP contribution in [0.5, 0.6) is 0 Å². The van der Waals surface area contributed by atoms with Gasteiger partial charge in [-0.3, -0.25) is 0 Å². The van der Waals surface area contributed by atoms with E-state index < -0.39 is 18.2 Å². The second-order valence-corrected chi connectivity index (χ2v) is 8.54. The maximum absolute atomic E-state index is 10.6. The van der Waals surface area contributed by atoms with Crippen molar-refractivity contribution in [1.82, 2.24) is 0 Å². The highest BCUT2D eigenvalue weighted by atomic mass is 35.5. The van der Waals surface area contributed by atoms with Crippen molar-refractivity contribution in [1.29, 1.82) is 0 Å². The lowest BCUT2D eigenvalue weighted by Crippen LogP contribution is -2.28. The molecular formula is C21H33ClO5. The number of rotatable bonds is 9. The molecule has 0 spiro atoms. The van der Waals surface area contributed by atoms with Crippen molar-refractivity contribution >= 4 is 17.6 Å². The highest BCUT2D eigenvalue weighted by molar-refractivity contribution is 6.21. The Hall–Kier alpha value is -0.880. The Balaban J connectivity index is 1.88. The van der Waals surface area contributed by atoms with E-state index >= 15 is 0 Å². The Morgan fingerprint density at radius 1 is 1.30 bits per heavy atom. The Bertz CT molecular complexity index is 521. The predicted molar refractivity (Wildman–Crippen MR) is 106 cm³/mol. The summed E-state index contributed by atoms with van der Waals surface area (Å²) in [5, 5.41) is 29.4. The van der Waals surface area contributed by atoms with Gasteiger partial charge in [-0.1, -0.05) is 50.5 Å². The standard InChI is InChI=1S/C21H33ClO5/c1-14-6-2-3-7-15(14)19(23)10-9-17-16(18(22)12-20(17)24)8-4-5-11-27-13-21(25)26/h4-5,9-10,14-20,23-24H,2-3,6-8,11-13H2,1H3,(H,25,26). The molecule has 2 aliphatic carbocycles. The Labute approximate surface area is 167 Å². The van der Waals surface area contributed by atoms with Gasteiger partial charge in [0.25, 0.3) is 0 Å². The van der Waals surface area contributed by atoms with Crippen molar-refractivity contribution in [3.63, 3.8) is 0 Å². The molecular weight excluding hydrogens is 368 g/mol. The molecule has 2 fully saturated rings. The molecule has 0 aliphatic heterocycles. The van der Waals surface area contributed by atoms with Crippen molar-refractivity contribution in [2.24, 2.45) is 23.7 Å². The minimum Gasteiger partial charge on any atom is -0.480 e. The van der Waals surface area contributed by atoms with E-state index in [4.69, 9.17) is 21.4 Å². The Morgan fingerprint density at radius 3 is 2.74 bits per heavy atom. The van der Waals surface area contributed by atoms with E-state index in [0.717, 1.165) is 6.42 Å². The molecule has 2 rings (SSSR count). The van der Waals surface area contributed by atoms with Crippen LogP contribution >= 0.6 is 11.6 Å². The van der Waals surface area contributed by atoms with Crippen LogP contribution < -0.4 is 0 Å². The SMILES string of the molecule is CC1CCCCC1C(O)C=CC1C(O)CC(Cl)C1CC=CCOCC(=O)O. The molecule has 5 nitrogen and oxygen atoms in total. The van der Waals surface area contributed by atoms with Gasteiger partial charge >= 0.3 is 5.97 Å². The lowest BCUT2D eigenvalue weighted by molar-refractivity contribution is -0.141. The molecule has 6 heteroatoms. The molecule has 154 valence electrons. The van der Waals surface area contributed by atoms with E-state index in [0.29, 0.717) is 24.7 Å². The molecule has 2 saturated carbocycles. The summed E-state index contributed by atoms with van der Waals surface area (Å²) in [6.45, 7) is 2.14. The number of aliphatic hydroxyl groups excluding tert-OH is 2. The zero-order valence-corrected chi connectivity index (χ0v) is 16.8. The molecule has 3 N–H and O–H groups in total. The zero-order chi connectivity index (χ0) is 19.8. The van der Waals surface area contributed by atoms with Gasteiger partial charge in [-0.25, -0.2) is 4.79 Å². The van der Waals surface area contributed by atoms with Crippen LogP contribution in [0, 0.1) is 23.7 Å². The highest BCUT2D eigenvalue weighted by Gasteiger charge is 2.39. The summed E-state index contributed by atoms with van der Waals surface area (Å²) in [6.07, 6.45) is 12.4. The number of alkyl halides is 1. The quantitative estimate of drug-likeness (QED) is 0.314. The van der Waals surface area contributed by atoms with Gasteiger partial charge in [0.1, 0.15) is 6.61 Å². The second kappa shape index (κ2) is 11.2. The van der Waals surface area contributed by atoms with Crippen molar-refractivity contribution in [3.8, 4) is 0 Å². The van der Waals surface area contributed by atoms with Crippen molar-refractivity contribution in [2.75, 3.05) is 13.2 Å². The Kier molecular flexibility index (Phi) is 9.30. The lowest BCUT2D eigenvalue weighted by atomic mass is 9.77. The minimum atomic E-state index is -0.987. The van der Waals surface area contributed by atoms with Crippen molar-refractivity contribution < 1.29 is 24.9 Å². The fourth-order valence-corrected chi connectivity index (χ4v) is 4.89. The minimum absolute atomic E-state index is 0.0781. The van der Waals surface area contributed by atoms with E-state index in [1.807, 2.05) is 18.2 Å². The molecule has 7 atom stereocenters. The van der Waals surface area contributed by atoms with Gasteiger partial charge in [0.15, 0.2) is 0 Å². The highest BCUT2D eigenvalue weighted by Crippen LogP contribution is 2.40. The molecule has 0 aromatic heterocycles. The molecule has 0 bridgehead atoms. The van der Waals surface area contributed by atoms with Crippen molar-refractivity contribution in [3.05, 3.63) is 24.3 Å². The molecule has 0 aromatic rings. The number of carboxylic acid groups (broad SMARTS) is 1. The van der Waals surface area contributed by atoms with E-state index in [2.05, 4.69) is 6.92 Å². The maximum Gasteiger partial charge on any atom is 0.329 e. The smallest absolute Gasteiger partial charge is 0.329 e. The monoisotopic (exact) mass is 400 g/mol. The number of carbonyl (C=O) groups is 1. The molecule has 7 unspecified atom stereocenters. The first-order chi connectivity index (χ1) is 12.9. The van der Waals surface area contributed by atoms with Gasteiger partial charge in [-0.15, -0.1) is 11.6 Å². The van der Waals surface area contributed by atoms with Crippen LogP contribution in [-0.2, 0) is 9.53 Å². The fourth-order valence-electron chi connectivity index (χ4n) is 4.44. The van der Waals surface area contributed by atoms with Gasteiger partial charge < -0.3 is 20.1 Å². The van der Waals surface area contributed by atoms with E-state index in [1.165, 1.54) is 19.3 Å². The first-order valence-electron chi connectivity index (χ1n) is 10.0. The van der Waals surface area contributed by atoms with Gasteiger partial charge in [0.05, 0.1) is 18.8 Å². The number of hydrogen-bond donors (Lipinski definition) is 3. The number of allylic oxidation sites excluding steroid dienone is 1. The van der Waals surface area contributed by atoms with Gasteiger partial charge in [-0.2, -0.15) is 0 Å². The van der Waals surface area contributed by atoms with Gasteiger partial charge in [0, 0.05) is 11.3 Å². The molecule has 0 amide bonds. The number of halogens is 1. The lowest BCUT2D eigenvalue weighted by Gasteiger charge is -2.31. The van der Waals surface area contributed by atoms with Crippen LogP contribution in [0.3, 0.4) is 0 Å².